The maximum absolute atomic E-state index is 6.32. The number of para-hydroxylation sites is 1. The molecule has 10 aromatic rings. The molecule has 9 aromatic carbocycles. The molecule has 1 heterocycles. The van der Waals surface area contributed by atoms with E-state index < -0.39 is 0 Å². The third kappa shape index (κ3) is 4.63. The predicted octanol–water partition coefficient (Wildman–Crippen LogP) is 13.7. The van der Waals surface area contributed by atoms with E-state index in [1.807, 2.05) is 6.07 Å². The number of rotatable bonds is 4. The van der Waals surface area contributed by atoms with E-state index in [0.717, 1.165) is 21.9 Å². The Morgan fingerprint density at radius 3 is 1.53 bits per heavy atom. The van der Waals surface area contributed by atoms with Crippen molar-refractivity contribution in [1.82, 2.24) is 0 Å². The van der Waals surface area contributed by atoms with E-state index in [0.29, 0.717) is 0 Å². The van der Waals surface area contributed by atoms with Crippen LogP contribution in [0.3, 0.4) is 0 Å². The summed E-state index contributed by atoms with van der Waals surface area (Å²) in [7, 11) is 0. The van der Waals surface area contributed by atoms with Gasteiger partial charge < -0.3 is 4.42 Å². The lowest BCUT2D eigenvalue weighted by molar-refractivity contribution is 0.669. The van der Waals surface area contributed by atoms with Crippen LogP contribution in [0.15, 0.2) is 186 Å². The summed E-state index contributed by atoms with van der Waals surface area (Å²) in [5, 5.41) is 9.76. The van der Waals surface area contributed by atoms with Crippen LogP contribution in [0.25, 0.3) is 98.8 Å². The molecule has 0 bridgehead atoms. The summed E-state index contributed by atoms with van der Waals surface area (Å²) in [6.45, 7) is 0. The molecule has 49 heavy (non-hydrogen) atoms. The minimum Gasteiger partial charge on any atom is -0.456 e. The Kier molecular flexibility index (Phi) is 6.25. The number of furan rings is 1. The summed E-state index contributed by atoms with van der Waals surface area (Å²) in [4.78, 5) is 0. The standard InChI is InChI=1S/C48H30O/c1-3-14-40-32(10-1)12-7-17-42(40)35-25-23-31-22-24-34(26-36(31)27-35)37-28-38(43-18-8-13-33-11-2-4-15-41(33)43)30-39(29-37)44-19-9-21-47-48(44)45-16-5-6-20-46(45)49-47/h1-30H. The molecule has 0 amide bonds. The molecule has 1 nitrogen and oxygen atoms in total. The lowest BCUT2D eigenvalue weighted by atomic mass is 9.89. The van der Waals surface area contributed by atoms with Crippen LogP contribution >= 0.6 is 0 Å². The monoisotopic (exact) mass is 622 g/mol. The maximum Gasteiger partial charge on any atom is 0.136 e. The largest absolute Gasteiger partial charge is 0.456 e. The van der Waals surface area contributed by atoms with E-state index in [4.69, 9.17) is 4.42 Å². The first-order valence-corrected chi connectivity index (χ1v) is 16.8. The molecule has 0 aliphatic heterocycles. The Hall–Kier alpha value is -6.44. The van der Waals surface area contributed by atoms with E-state index in [1.165, 1.54) is 76.8 Å². The fraction of sp³-hybridized carbons (Fsp3) is 0. The number of benzene rings is 9. The van der Waals surface area contributed by atoms with Crippen molar-refractivity contribution in [2.45, 2.75) is 0 Å². The second-order valence-corrected chi connectivity index (χ2v) is 12.9. The van der Waals surface area contributed by atoms with E-state index in [1.54, 1.807) is 0 Å². The van der Waals surface area contributed by atoms with Crippen molar-refractivity contribution < 1.29 is 4.42 Å². The first-order chi connectivity index (χ1) is 24.3. The highest BCUT2D eigenvalue weighted by Crippen LogP contribution is 2.41. The van der Waals surface area contributed by atoms with Gasteiger partial charge in [0.25, 0.3) is 0 Å². The third-order valence-corrected chi connectivity index (χ3v) is 10.0. The average molecular weight is 623 g/mol. The van der Waals surface area contributed by atoms with Gasteiger partial charge in [0.2, 0.25) is 0 Å². The van der Waals surface area contributed by atoms with Crippen LogP contribution in [0, 0.1) is 0 Å². The number of fused-ring (bicyclic) bond motifs is 6. The van der Waals surface area contributed by atoms with Crippen molar-refractivity contribution in [3.8, 4) is 44.5 Å². The molecule has 0 radical (unpaired) electrons. The zero-order chi connectivity index (χ0) is 32.3. The van der Waals surface area contributed by atoms with Crippen LogP contribution in [0.5, 0.6) is 0 Å². The van der Waals surface area contributed by atoms with Gasteiger partial charge in [0.1, 0.15) is 11.2 Å². The molecular weight excluding hydrogens is 593 g/mol. The van der Waals surface area contributed by atoms with Gasteiger partial charge in [-0.05, 0) is 119 Å². The molecule has 1 heteroatoms. The van der Waals surface area contributed by atoms with Gasteiger partial charge in [0.15, 0.2) is 0 Å². The second-order valence-electron chi connectivity index (χ2n) is 12.9. The number of hydrogen-bond acceptors (Lipinski definition) is 1. The fourth-order valence-corrected chi connectivity index (χ4v) is 7.67. The molecule has 0 N–H and O–H groups in total. The van der Waals surface area contributed by atoms with Gasteiger partial charge in [-0.15, -0.1) is 0 Å². The van der Waals surface area contributed by atoms with Gasteiger partial charge in [-0.1, -0.05) is 140 Å². The topological polar surface area (TPSA) is 13.1 Å². The summed E-state index contributed by atoms with van der Waals surface area (Å²) in [6.07, 6.45) is 0. The summed E-state index contributed by atoms with van der Waals surface area (Å²) in [5.41, 5.74) is 11.4. The molecule has 10 rings (SSSR count). The van der Waals surface area contributed by atoms with Crippen LogP contribution in [0.1, 0.15) is 0 Å². The van der Waals surface area contributed by atoms with E-state index >= 15 is 0 Å². The van der Waals surface area contributed by atoms with Gasteiger partial charge in [-0.3, -0.25) is 0 Å². The van der Waals surface area contributed by atoms with Crippen molar-refractivity contribution in [2.24, 2.45) is 0 Å². The molecule has 0 spiro atoms. The van der Waals surface area contributed by atoms with E-state index in [2.05, 4.69) is 176 Å². The minimum absolute atomic E-state index is 0.905. The summed E-state index contributed by atoms with van der Waals surface area (Å²) in [5.74, 6) is 0. The van der Waals surface area contributed by atoms with Crippen LogP contribution in [-0.2, 0) is 0 Å². The van der Waals surface area contributed by atoms with Gasteiger partial charge >= 0.3 is 0 Å². The van der Waals surface area contributed by atoms with Crippen LogP contribution in [-0.4, -0.2) is 0 Å². The summed E-state index contributed by atoms with van der Waals surface area (Å²) >= 11 is 0. The van der Waals surface area contributed by atoms with Crippen molar-refractivity contribution in [3.05, 3.63) is 182 Å². The molecule has 0 saturated carbocycles. The SMILES string of the molecule is c1ccc2c(-c3cc(-c4ccc5ccc(-c6cccc7ccccc67)cc5c4)cc(-c4cccc5oc6ccccc6c45)c3)cccc2c1. The quantitative estimate of drug-likeness (QED) is 0.190. The zero-order valence-corrected chi connectivity index (χ0v) is 26.7. The Morgan fingerprint density at radius 1 is 0.265 bits per heavy atom. The lowest BCUT2D eigenvalue weighted by Crippen LogP contribution is -1.88. The molecule has 0 aliphatic carbocycles. The van der Waals surface area contributed by atoms with Crippen molar-refractivity contribution in [3.63, 3.8) is 0 Å². The highest BCUT2D eigenvalue weighted by atomic mass is 16.3. The average Bonchev–Trinajstić information content (AvgIpc) is 3.56. The normalized spacial score (nSPS) is 11.7. The van der Waals surface area contributed by atoms with Gasteiger partial charge in [-0.25, -0.2) is 0 Å². The molecule has 0 fully saturated rings. The highest BCUT2D eigenvalue weighted by Gasteiger charge is 2.16. The molecule has 0 saturated heterocycles. The molecule has 0 unspecified atom stereocenters. The second kappa shape index (κ2) is 11.1. The smallest absolute Gasteiger partial charge is 0.136 e. The number of hydrogen-bond donors (Lipinski definition) is 0. The van der Waals surface area contributed by atoms with Gasteiger partial charge in [-0.2, -0.15) is 0 Å². The first-order valence-electron chi connectivity index (χ1n) is 16.8. The summed E-state index contributed by atoms with van der Waals surface area (Å²) < 4.78 is 6.32. The summed E-state index contributed by atoms with van der Waals surface area (Å²) in [6, 6.07) is 66.0. The molecule has 1 aromatic heterocycles. The Morgan fingerprint density at radius 2 is 0.776 bits per heavy atom. The van der Waals surface area contributed by atoms with E-state index in [9.17, 15) is 0 Å². The van der Waals surface area contributed by atoms with Gasteiger partial charge in [0, 0.05) is 10.8 Å². The van der Waals surface area contributed by atoms with Gasteiger partial charge in [0.05, 0.1) is 0 Å². The first kappa shape index (κ1) is 27.7. The predicted molar refractivity (Wildman–Crippen MR) is 208 cm³/mol. The van der Waals surface area contributed by atoms with Crippen molar-refractivity contribution in [1.29, 1.82) is 0 Å². The fourth-order valence-electron chi connectivity index (χ4n) is 7.67. The lowest BCUT2D eigenvalue weighted by Gasteiger charge is -2.14. The van der Waals surface area contributed by atoms with Crippen LogP contribution < -0.4 is 0 Å². The zero-order valence-electron chi connectivity index (χ0n) is 26.7. The molecular formula is C48H30O. The molecule has 0 aliphatic rings. The molecule has 0 atom stereocenters. The minimum atomic E-state index is 0.905. The Bertz CT molecular complexity index is 2880. The third-order valence-electron chi connectivity index (χ3n) is 10.0. The van der Waals surface area contributed by atoms with Crippen LogP contribution in [0.4, 0.5) is 0 Å². The maximum atomic E-state index is 6.32. The van der Waals surface area contributed by atoms with E-state index in [-0.39, 0.29) is 0 Å². The van der Waals surface area contributed by atoms with Crippen LogP contribution in [0.2, 0.25) is 0 Å². The Balaban J connectivity index is 1.20. The molecule has 228 valence electrons. The Labute approximate surface area is 284 Å². The highest BCUT2D eigenvalue weighted by molar-refractivity contribution is 6.13. The van der Waals surface area contributed by atoms with Crippen molar-refractivity contribution >= 4 is 54.3 Å². The van der Waals surface area contributed by atoms with Crippen molar-refractivity contribution in [2.75, 3.05) is 0 Å².